The van der Waals surface area contributed by atoms with Gasteiger partial charge in [-0.15, -0.1) is 0 Å². The van der Waals surface area contributed by atoms with E-state index in [9.17, 15) is 0 Å². The Balaban J connectivity index is 2.31. The van der Waals surface area contributed by atoms with E-state index in [1.165, 1.54) is 10.9 Å². The maximum Gasteiger partial charge on any atom is 0.497 e. The average Bonchev–Trinajstić information content (AvgIpc) is 3.08. The van der Waals surface area contributed by atoms with Crippen LogP contribution in [0.4, 0.5) is 0 Å². The summed E-state index contributed by atoms with van der Waals surface area (Å²) in [5.74, 6) is 0.890. The third-order valence-corrected chi connectivity index (χ3v) is 14.5. The minimum absolute atomic E-state index is 0.360. The van der Waals surface area contributed by atoms with Gasteiger partial charge in [-0.25, -0.2) is 0 Å². The lowest BCUT2D eigenvalue weighted by Gasteiger charge is -2.44. The standard InChI is InChI=1S/C24H40BNO3Si/c1-16(2)30(17(3)4,18(5)6)26-15-21(20-13-12-19(27-11)14-22(20)26)25-28-23(7,8)24(9,10)29-25/h12-18H,1-11H3. The summed E-state index contributed by atoms with van der Waals surface area (Å²) in [7, 11) is -0.588. The van der Waals surface area contributed by atoms with E-state index in [0.29, 0.717) is 16.6 Å². The number of hydrogen-bond donors (Lipinski definition) is 0. The zero-order valence-corrected chi connectivity index (χ0v) is 21.8. The molecular weight excluding hydrogens is 389 g/mol. The van der Waals surface area contributed by atoms with Crippen molar-refractivity contribution >= 4 is 31.7 Å². The first-order chi connectivity index (χ1) is 13.8. The second-order valence-electron chi connectivity index (χ2n) is 10.8. The maximum atomic E-state index is 6.47. The largest absolute Gasteiger partial charge is 0.497 e. The van der Waals surface area contributed by atoms with E-state index in [2.05, 4.69) is 91.8 Å². The fraction of sp³-hybridized carbons (Fsp3) is 0.667. The first-order valence-electron chi connectivity index (χ1n) is 11.3. The molecule has 0 aliphatic carbocycles. The molecule has 6 heteroatoms. The molecule has 166 valence electrons. The lowest BCUT2D eigenvalue weighted by molar-refractivity contribution is 0.00578. The predicted molar refractivity (Wildman–Crippen MR) is 131 cm³/mol. The Labute approximate surface area is 184 Å². The van der Waals surface area contributed by atoms with Crippen LogP contribution in [0, 0.1) is 0 Å². The highest BCUT2D eigenvalue weighted by Crippen LogP contribution is 2.45. The van der Waals surface area contributed by atoms with Crippen LogP contribution >= 0.6 is 0 Å². The third-order valence-electron chi connectivity index (χ3n) is 7.74. The Hall–Kier alpha value is -1.24. The summed E-state index contributed by atoms with van der Waals surface area (Å²) in [5, 5.41) is 1.20. The molecule has 1 aromatic carbocycles. The zero-order chi connectivity index (χ0) is 22.6. The second kappa shape index (κ2) is 7.72. The molecule has 1 aliphatic heterocycles. The van der Waals surface area contributed by atoms with Gasteiger partial charge in [0, 0.05) is 17.0 Å². The lowest BCUT2D eigenvalue weighted by Crippen LogP contribution is -2.52. The predicted octanol–water partition coefficient (Wildman–Crippen LogP) is 5.97. The van der Waals surface area contributed by atoms with Crippen molar-refractivity contribution in [3.63, 3.8) is 0 Å². The number of benzene rings is 1. The van der Waals surface area contributed by atoms with Crippen molar-refractivity contribution in [2.75, 3.05) is 7.11 Å². The van der Waals surface area contributed by atoms with Gasteiger partial charge < -0.3 is 18.3 Å². The molecule has 0 saturated carbocycles. The van der Waals surface area contributed by atoms with E-state index in [4.69, 9.17) is 14.0 Å². The van der Waals surface area contributed by atoms with E-state index in [0.717, 1.165) is 11.2 Å². The van der Waals surface area contributed by atoms with E-state index in [1.54, 1.807) is 7.11 Å². The van der Waals surface area contributed by atoms with Crippen LogP contribution in [0.2, 0.25) is 16.6 Å². The van der Waals surface area contributed by atoms with E-state index >= 15 is 0 Å². The SMILES string of the molecule is COc1ccc2c(B3OC(C)(C)C(C)(C)O3)cn([Si](C(C)C)(C(C)C)C(C)C)c2c1. The topological polar surface area (TPSA) is 32.6 Å². The molecule has 30 heavy (non-hydrogen) atoms. The van der Waals surface area contributed by atoms with Crippen LogP contribution in [0.25, 0.3) is 10.9 Å². The summed E-state index contributed by atoms with van der Waals surface area (Å²) < 4.78 is 21.2. The zero-order valence-electron chi connectivity index (χ0n) is 20.8. The van der Waals surface area contributed by atoms with Crippen LogP contribution in [0.15, 0.2) is 24.4 Å². The number of aromatic nitrogens is 1. The minimum Gasteiger partial charge on any atom is -0.497 e. The van der Waals surface area contributed by atoms with Gasteiger partial charge in [-0.05, 0) is 68.0 Å². The molecule has 0 spiro atoms. The Morgan fingerprint density at radius 3 is 1.83 bits per heavy atom. The van der Waals surface area contributed by atoms with Crippen molar-refractivity contribution in [1.29, 1.82) is 0 Å². The highest BCUT2D eigenvalue weighted by Gasteiger charge is 2.53. The molecule has 0 amide bonds. The third kappa shape index (κ3) is 3.35. The number of hydrogen-bond acceptors (Lipinski definition) is 3. The Morgan fingerprint density at radius 1 is 0.900 bits per heavy atom. The van der Waals surface area contributed by atoms with Crippen molar-refractivity contribution in [3.05, 3.63) is 24.4 Å². The van der Waals surface area contributed by atoms with E-state index in [1.807, 2.05) is 6.07 Å². The summed E-state index contributed by atoms with van der Waals surface area (Å²) in [4.78, 5) is 0. The molecule has 0 atom stereocenters. The highest BCUT2D eigenvalue weighted by molar-refractivity contribution is 6.83. The summed E-state index contributed by atoms with van der Waals surface area (Å²) in [6.07, 6.45) is 2.35. The van der Waals surface area contributed by atoms with Gasteiger partial charge in [-0.3, -0.25) is 0 Å². The van der Waals surface area contributed by atoms with Gasteiger partial charge >= 0.3 is 7.12 Å². The molecule has 0 N–H and O–H groups in total. The molecule has 4 nitrogen and oxygen atoms in total. The number of fused-ring (bicyclic) bond motifs is 1. The molecule has 0 unspecified atom stereocenters. The Morgan fingerprint density at radius 2 is 1.40 bits per heavy atom. The van der Waals surface area contributed by atoms with Crippen LogP contribution in [-0.4, -0.2) is 37.9 Å². The van der Waals surface area contributed by atoms with Gasteiger partial charge in [0.05, 0.1) is 18.3 Å². The van der Waals surface area contributed by atoms with Crippen LogP contribution in [0.3, 0.4) is 0 Å². The van der Waals surface area contributed by atoms with Crippen LogP contribution in [-0.2, 0) is 9.31 Å². The van der Waals surface area contributed by atoms with Crippen molar-refractivity contribution in [2.45, 2.75) is 97.1 Å². The quantitative estimate of drug-likeness (QED) is 0.530. The highest BCUT2D eigenvalue weighted by atomic mass is 28.3. The molecule has 2 aromatic rings. The van der Waals surface area contributed by atoms with Crippen molar-refractivity contribution in [1.82, 2.24) is 4.23 Å². The smallest absolute Gasteiger partial charge is 0.497 e. The summed E-state index contributed by atoms with van der Waals surface area (Å²) in [5.41, 5.74) is 3.41. The number of rotatable bonds is 6. The van der Waals surface area contributed by atoms with E-state index < -0.39 is 8.24 Å². The second-order valence-corrected chi connectivity index (χ2v) is 16.5. The summed E-state index contributed by atoms with van der Waals surface area (Å²) in [6.45, 7) is 22.8. The molecule has 1 aromatic heterocycles. The van der Waals surface area contributed by atoms with Crippen LogP contribution < -0.4 is 10.2 Å². The van der Waals surface area contributed by atoms with Gasteiger partial charge in [0.25, 0.3) is 0 Å². The summed E-state index contributed by atoms with van der Waals surface area (Å²) in [6, 6.07) is 6.41. The molecule has 1 saturated heterocycles. The number of methoxy groups -OCH3 is 1. The molecule has 1 fully saturated rings. The van der Waals surface area contributed by atoms with Gasteiger partial charge in [-0.1, -0.05) is 41.5 Å². The normalized spacial score (nSPS) is 18.9. The number of nitrogens with zero attached hydrogens (tertiary/aromatic N) is 1. The number of ether oxygens (including phenoxy) is 1. The van der Waals surface area contributed by atoms with Crippen molar-refractivity contribution in [2.24, 2.45) is 0 Å². The minimum atomic E-state index is -1.96. The fourth-order valence-corrected chi connectivity index (χ4v) is 12.3. The molecule has 1 aliphatic rings. The van der Waals surface area contributed by atoms with Gasteiger partial charge in [0.2, 0.25) is 0 Å². The first-order valence-corrected chi connectivity index (χ1v) is 13.5. The average molecular weight is 429 g/mol. The van der Waals surface area contributed by atoms with E-state index in [-0.39, 0.29) is 18.3 Å². The molecule has 2 heterocycles. The van der Waals surface area contributed by atoms with Gasteiger partial charge in [-0.2, -0.15) is 0 Å². The van der Waals surface area contributed by atoms with Crippen LogP contribution in [0.1, 0.15) is 69.2 Å². The monoisotopic (exact) mass is 429 g/mol. The molecule has 3 rings (SSSR count). The fourth-order valence-electron chi connectivity index (χ4n) is 5.67. The van der Waals surface area contributed by atoms with Gasteiger partial charge in [0.15, 0.2) is 8.24 Å². The Kier molecular flexibility index (Phi) is 6.03. The summed E-state index contributed by atoms with van der Waals surface area (Å²) >= 11 is 0. The lowest BCUT2D eigenvalue weighted by atomic mass is 9.79. The molecular formula is C24H40BNO3Si. The molecule has 0 radical (unpaired) electrons. The maximum absolute atomic E-state index is 6.47. The van der Waals surface area contributed by atoms with Crippen molar-refractivity contribution in [3.8, 4) is 5.75 Å². The van der Waals surface area contributed by atoms with Crippen LogP contribution in [0.5, 0.6) is 5.75 Å². The van der Waals surface area contributed by atoms with Crippen molar-refractivity contribution < 1.29 is 14.0 Å². The Bertz CT molecular complexity index is 879. The van der Waals surface area contributed by atoms with Gasteiger partial charge in [0.1, 0.15) is 5.75 Å². The first kappa shape index (κ1) is 23.4. The molecule has 0 bridgehead atoms.